The molecule has 5 rings (SSSR count). The average molecular weight is 358 g/mol. The number of quaternary nitrogens is 1. The molecule has 0 amide bonds. The number of likely N-dealkylation sites (N-methyl/N-ethyl adjacent to an activating group) is 1. The quantitative estimate of drug-likeness (QED) is 0.479. The fourth-order valence-electron chi connectivity index (χ4n) is 5.53. The summed E-state index contributed by atoms with van der Waals surface area (Å²) in [6, 6.07) is 10.4. The van der Waals surface area contributed by atoms with Crippen molar-refractivity contribution < 1.29 is 23.9 Å². The van der Waals surface area contributed by atoms with Gasteiger partial charge >= 0.3 is 5.97 Å². The molecule has 1 aromatic carbocycles. The number of nitrogens with zero attached hydrogens (tertiary/aromatic N) is 1. The van der Waals surface area contributed by atoms with E-state index in [1.165, 1.54) is 19.4 Å². The van der Waals surface area contributed by atoms with Crippen LogP contribution in [-0.2, 0) is 14.3 Å². The number of carbonyl (C=O) groups is 1. The molecule has 0 spiro atoms. The lowest BCUT2D eigenvalue weighted by atomic mass is 9.94. The molecule has 4 fully saturated rings. The molecule has 26 heavy (non-hydrogen) atoms. The van der Waals surface area contributed by atoms with Gasteiger partial charge in [-0.3, -0.25) is 4.79 Å². The highest BCUT2D eigenvalue weighted by Crippen LogP contribution is 2.54. The summed E-state index contributed by atoms with van der Waals surface area (Å²) >= 11 is 0. The smallest absolute Gasteiger partial charge is 0.316 e. The van der Waals surface area contributed by atoms with Gasteiger partial charge in [-0.15, -0.1) is 0 Å². The third kappa shape index (κ3) is 2.68. The molecule has 5 heteroatoms. The first-order chi connectivity index (χ1) is 12.6. The second-order valence-electron chi connectivity index (χ2n) is 8.85. The van der Waals surface area contributed by atoms with Gasteiger partial charge in [0.05, 0.1) is 20.2 Å². The number of ether oxygens (including phenoxy) is 2. The van der Waals surface area contributed by atoms with Crippen molar-refractivity contribution in [3.8, 4) is 0 Å². The number of carbonyl (C=O) groups excluding carboxylic acids is 1. The normalized spacial score (nSPS) is 41.4. The molecule has 7 atom stereocenters. The third-order valence-electron chi connectivity index (χ3n) is 7.14. The van der Waals surface area contributed by atoms with Crippen molar-refractivity contribution in [3.05, 3.63) is 35.9 Å². The maximum Gasteiger partial charge on any atom is 0.316 e. The van der Waals surface area contributed by atoms with Gasteiger partial charge in [0.25, 0.3) is 0 Å². The minimum Gasteiger partial charge on any atom is -0.461 e. The monoisotopic (exact) mass is 358 g/mol. The summed E-state index contributed by atoms with van der Waals surface area (Å²) in [6.07, 6.45) is 5.22. The van der Waals surface area contributed by atoms with Gasteiger partial charge in [0, 0.05) is 18.8 Å². The predicted molar refractivity (Wildman–Crippen MR) is 95.4 cm³/mol. The topological polar surface area (TPSA) is 59.1 Å². The summed E-state index contributed by atoms with van der Waals surface area (Å²) in [5, 5.41) is 9.71. The largest absolute Gasteiger partial charge is 0.461 e. The van der Waals surface area contributed by atoms with E-state index in [0.717, 1.165) is 28.8 Å². The van der Waals surface area contributed by atoms with Crippen LogP contribution in [0.25, 0.3) is 0 Å². The molecule has 1 aliphatic carbocycles. The van der Waals surface area contributed by atoms with Crippen molar-refractivity contribution in [3.63, 3.8) is 0 Å². The summed E-state index contributed by atoms with van der Waals surface area (Å²) in [4.78, 5) is 12.7. The Morgan fingerprint density at radius 2 is 1.88 bits per heavy atom. The van der Waals surface area contributed by atoms with Crippen LogP contribution in [0.15, 0.2) is 30.3 Å². The number of aliphatic hydroxyl groups excluding tert-OH is 1. The van der Waals surface area contributed by atoms with Crippen LogP contribution in [0, 0.1) is 5.92 Å². The molecule has 1 N–H and O–H groups in total. The Balaban J connectivity index is 1.27. The molecule has 0 radical (unpaired) electrons. The van der Waals surface area contributed by atoms with Crippen LogP contribution in [0.5, 0.6) is 0 Å². The van der Waals surface area contributed by atoms with E-state index in [-0.39, 0.29) is 18.7 Å². The van der Waals surface area contributed by atoms with Gasteiger partial charge in [0.1, 0.15) is 36.3 Å². The second-order valence-corrected chi connectivity index (χ2v) is 8.85. The first-order valence-corrected chi connectivity index (χ1v) is 9.97. The molecule has 3 saturated heterocycles. The lowest BCUT2D eigenvalue weighted by Crippen LogP contribution is -2.63. The third-order valence-corrected chi connectivity index (χ3v) is 7.14. The van der Waals surface area contributed by atoms with Crippen LogP contribution >= 0.6 is 0 Å². The minimum atomic E-state index is -0.589. The SMILES string of the molecule is C[N+]1(CC2CC2)[C@@H]2CC(OC(=O)[C@H](CO)c3ccccc3)C[C@H]1[C@H]1O[C@H]12. The lowest BCUT2D eigenvalue weighted by Gasteiger charge is -2.48. The Hall–Kier alpha value is -1.43. The van der Waals surface area contributed by atoms with E-state index in [0.29, 0.717) is 24.3 Å². The number of morpholine rings is 1. The molecule has 1 aromatic rings. The first kappa shape index (κ1) is 16.7. The zero-order valence-corrected chi connectivity index (χ0v) is 15.3. The van der Waals surface area contributed by atoms with E-state index >= 15 is 0 Å². The number of benzene rings is 1. The fourth-order valence-corrected chi connectivity index (χ4v) is 5.53. The van der Waals surface area contributed by atoms with Gasteiger partial charge in [0.15, 0.2) is 0 Å². The number of rotatable bonds is 6. The van der Waals surface area contributed by atoms with Crippen LogP contribution < -0.4 is 0 Å². The van der Waals surface area contributed by atoms with Crippen LogP contribution in [0.2, 0.25) is 0 Å². The van der Waals surface area contributed by atoms with E-state index < -0.39 is 5.92 Å². The number of epoxide rings is 1. The van der Waals surface area contributed by atoms with Gasteiger partial charge in [0.2, 0.25) is 0 Å². The zero-order chi connectivity index (χ0) is 17.9. The standard InChI is InChI=1S/C21H28NO4/c1-22(11-13-7-8-13)17-9-15(10-18(22)20-19(17)26-20)25-21(24)16(12-23)14-5-3-2-4-6-14/h2-6,13,15-20,23H,7-12H2,1H3/q+1/t15?,16-,17-,18+,19+,20-,22?/m1/s1. The zero-order valence-electron chi connectivity index (χ0n) is 15.3. The summed E-state index contributed by atoms with van der Waals surface area (Å²) in [5.41, 5.74) is 0.819. The summed E-state index contributed by atoms with van der Waals surface area (Å²) < 4.78 is 12.9. The Bertz CT molecular complexity index is 671. The molecule has 4 aliphatic rings. The van der Waals surface area contributed by atoms with Crippen molar-refractivity contribution >= 4 is 5.97 Å². The van der Waals surface area contributed by atoms with Gasteiger partial charge < -0.3 is 19.1 Å². The fraction of sp³-hybridized carbons (Fsp3) is 0.667. The number of hydrogen-bond acceptors (Lipinski definition) is 4. The van der Waals surface area contributed by atoms with Gasteiger partial charge in [-0.1, -0.05) is 30.3 Å². The highest BCUT2D eigenvalue weighted by Gasteiger charge is 2.72. The molecule has 1 saturated carbocycles. The number of fused-ring (bicyclic) bond motifs is 5. The molecule has 5 nitrogen and oxygen atoms in total. The molecule has 2 unspecified atom stereocenters. The molecule has 3 aliphatic heterocycles. The molecule has 2 bridgehead atoms. The van der Waals surface area contributed by atoms with Crippen molar-refractivity contribution in [1.82, 2.24) is 0 Å². The van der Waals surface area contributed by atoms with Crippen LogP contribution in [0.1, 0.15) is 37.2 Å². The lowest BCUT2D eigenvalue weighted by molar-refractivity contribution is -0.957. The molecule has 140 valence electrons. The van der Waals surface area contributed by atoms with E-state index in [2.05, 4.69) is 7.05 Å². The van der Waals surface area contributed by atoms with Crippen molar-refractivity contribution in [1.29, 1.82) is 0 Å². The molecule has 3 heterocycles. The van der Waals surface area contributed by atoms with Crippen LogP contribution in [0.3, 0.4) is 0 Å². The van der Waals surface area contributed by atoms with E-state index in [4.69, 9.17) is 9.47 Å². The van der Waals surface area contributed by atoms with E-state index in [1.807, 2.05) is 30.3 Å². The maximum atomic E-state index is 12.7. The van der Waals surface area contributed by atoms with Crippen molar-refractivity contribution in [2.24, 2.45) is 5.92 Å². The summed E-state index contributed by atoms with van der Waals surface area (Å²) in [5.74, 6) is 0.00309. The Morgan fingerprint density at radius 3 is 2.46 bits per heavy atom. The predicted octanol–water partition coefficient (Wildman–Crippen LogP) is 1.84. The number of aliphatic hydroxyl groups is 1. The maximum absolute atomic E-state index is 12.7. The Labute approximate surface area is 154 Å². The van der Waals surface area contributed by atoms with Gasteiger partial charge in [-0.05, 0) is 18.4 Å². The first-order valence-electron chi connectivity index (χ1n) is 9.97. The second kappa shape index (κ2) is 6.04. The van der Waals surface area contributed by atoms with Crippen LogP contribution in [0.4, 0.5) is 0 Å². The van der Waals surface area contributed by atoms with Gasteiger partial charge in [-0.25, -0.2) is 0 Å². The van der Waals surface area contributed by atoms with Crippen molar-refractivity contribution in [2.45, 2.75) is 62.0 Å². The number of piperidine rings is 1. The number of esters is 1. The Morgan fingerprint density at radius 1 is 1.23 bits per heavy atom. The average Bonchev–Trinajstić information content (AvgIpc) is 3.51. The van der Waals surface area contributed by atoms with Crippen LogP contribution in [-0.4, -0.2) is 66.2 Å². The molecular formula is C21H28NO4+. The highest BCUT2D eigenvalue weighted by molar-refractivity contribution is 5.78. The summed E-state index contributed by atoms with van der Waals surface area (Å²) in [6.45, 7) is 1.04. The summed E-state index contributed by atoms with van der Waals surface area (Å²) in [7, 11) is 2.39. The minimum absolute atomic E-state index is 0.0444. The van der Waals surface area contributed by atoms with Crippen molar-refractivity contribution in [2.75, 3.05) is 20.2 Å². The van der Waals surface area contributed by atoms with E-state index in [1.54, 1.807) is 0 Å². The number of hydrogen-bond donors (Lipinski definition) is 1. The van der Waals surface area contributed by atoms with E-state index in [9.17, 15) is 9.90 Å². The molecular weight excluding hydrogens is 330 g/mol. The van der Waals surface area contributed by atoms with Gasteiger partial charge in [-0.2, -0.15) is 0 Å². The molecule has 0 aromatic heterocycles. The highest BCUT2D eigenvalue weighted by atomic mass is 16.6. The Kier molecular flexibility index (Phi) is 3.89.